The molecule has 2 aromatic carbocycles. The molecule has 0 aliphatic heterocycles. The third-order valence-electron chi connectivity index (χ3n) is 4.24. The van der Waals surface area contributed by atoms with Crippen molar-refractivity contribution in [3.63, 3.8) is 0 Å². The normalized spacial score (nSPS) is 11.5. The lowest BCUT2D eigenvalue weighted by atomic mass is 10.1. The Morgan fingerprint density at radius 2 is 1.77 bits per heavy atom. The molecule has 8 heteroatoms. The molecule has 0 fully saturated rings. The topological polar surface area (TPSA) is 131 Å². The number of anilines is 2. The van der Waals surface area contributed by atoms with Gasteiger partial charge in [-0.1, -0.05) is 24.3 Å². The Morgan fingerprint density at radius 1 is 1.15 bits per heavy atom. The molecule has 26 heavy (non-hydrogen) atoms. The molecule has 0 radical (unpaired) electrons. The number of amides is 1. The monoisotopic (exact) mass is 357 g/mol. The fourth-order valence-corrected chi connectivity index (χ4v) is 2.60. The molecule has 2 aromatic rings. The van der Waals surface area contributed by atoms with Crippen molar-refractivity contribution >= 4 is 23.1 Å². The molecule has 8 nitrogen and oxygen atoms in total. The number of nitrogen functional groups attached to an aromatic ring is 1. The maximum Gasteiger partial charge on any atom is 0.286 e. The van der Waals surface area contributed by atoms with E-state index in [0.717, 1.165) is 11.1 Å². The van der Waals surface area contributed by atoms with Gasteiger partial charge in [0.15, 0.2) is 5.84 Å². The van der Waals surface area contributed by atoms with E-state index in [1.54, 1.807) is 0 Å². The van der Waals surface area contributed by atoms with Crippen LogP contribution >= 0.6 is 0 Å². The summed E-state index contributed by atoms with van der Waals surface area (Å²) in [6, 6.07) is 7.74. The van der Waals surface area contributed by atoms with E-state index in [-0.39, 0.29) is 11.5 Å². The predicted octanol–water partition coefficient (Wildman–Crippen LogP) is -0.463. The van der Waals surface area contributed by atoms with Crippen LogP contribution in [0.25, 0.3) is 0 Å². The van der Waals surface area contributed by atoms with Crippen LogP contribution in [0.4, 0.5) is 11.4 Å². The van der Waals surface area contributed by atoms with Gasteiger partial charge in [-0.05, 0) is 24.5 Å². The first-order valence-electron chi connectivity index (χ1n) is 8.31. The van der Waals surface area contributed by atoms with Gasteiger partial charge in [-0.3, -0.25) is 19.4 Å². The smallest absolute Gasteiger partial charge is 0.286 e. The highest BCUT2D eigenvalue weighted by molar-refractivity contribution is 6.37. The Bertz CT molecular complexity index is 879. The summed E-state index contributed by atoms with van der Waals surface area (Å²) in [5.41, 5.74) is 12.3. The number of carbonyl (C=O) groups is 1. The molecule has 138 valence electrons. The van der Waals surface area contributed by atoms with Crippen molar-refractivity contribution in [1.82, 2.24) is 5.32 Å². The van der Waals surface area contributed by atoms with Crippen molar-refractivity contribution in [3.05, 3.63) is 55.8 Å². The van der Waals surface area contributed by atoms with Gasteiger partial charge in [-0.25, -0.2) is 0 Å². The molecule has 0 spiro atoms. The molecule has 0 saturated carbocycles. The fraction of sp³-hybridized carbons (Fsp3) is 0.333. The van der Waals surface area contributed by atoms with E-state index in [1.807, 2.05) is 36.1 Å². The van der Waals surface area contributed by atoms with Gasteiger partial charge < -0.3 is 21.7 Å². The van der Waals surface area contributed by atoms with E-state index in [1.165, 1.54) is 7.05 Å². The largest absolute Gasteiger partial charge is 0.394 e. The van der Waals surface area contributed by atoms with Crippen molar-refractivity contribution in [2.75, 3.05) is 30.8 Å². The van der Waals surface area contributed by atoms with Crippen LogP contribution in [0, 0.1) is 0 Å². The second-order valence-electron chi connectivity index (χ2n) is 5.86. The number of likely N-dealkylation sites (N-methyl/N-ethyl adjacent to an activating group) is 1. The van der Waals surface area contributed by atoms with E-state index in [9.17, 15) is 14.4 Å². The molecule has 0 aliphatic rings. The average Bonchev–Trinajstić information content (AvgIpc) is 2.68. The van der Waals surface area contributed by atoms with E-state index >= 15 is 0 Å². The summed E-state index contributed by atoms with van der Waals surface area (Å²) >= 11 is 0. The molecule has 0 heterocycles. The van der Waals surface area contributed by atoms with Crippen LogP contribution in [-0.4, -0.2) is 31.9 Å². The van der Waals surface area contributed by atoms with Gasteiger partial charge in [0.05, 0.1) is 0 Å². The molecule has 0 unspecified atom stereocenters. The second kappa shape index (κ2) is 8.28. The molecule has 0 aromatic heterocycles. The molecule has 2 rings (SSSR count). The average molecular weight is 357 g/mol. The van der Waals surface area contributed by atoms with Crippen LogP contribution in [0.5, 0.6) is 0 Å². The fourth-order valence-electron chi connectivity index (χ4n) is 2.60. The predicted molar refractivity (Wildman–Crippen MR) is 103 cm³/mol. The first-order chi connectivity index (χ1) is 12.4. The summed E-state index contributed by atoms with van der Waals surface area (Å²) in [6.07, 6.45) is 0.703. The lowest BCUT2D eigenvalue weighted by Crippen LogP contribution is -2.43. The SMILES string of the molecule is CCN(CCc1ccc(CNC(=O)C(N)=NC)cc1)c1c(N)c(=O)c1=O. The summed E-state index contributed by atoms with van der Waals surface area (Å²) < 4.78 is 0. The van der Waals surface area contributed by atoms with Crippen molar-refractivity contribution in [2.24, 2.45) is 10.7 Å². The van der Waals surface area contributed by atoms with Crippen molar-refractivity contribution in [2.45, 2.75) is 19.9 Å². The third-order valence-corrected chi connectivity index (χ3v) is 4.24. The molecular formula is C18H23N5O3. The molecular weight excluding hydrogens is 334 g/mol. The second-order valence-corrected chi connectivity index (χ2v) is 5.86. The van der Waals surface area contributed by atoms with E-state index < -0.39 is 16.8 Å². The maximum absolute atomic E-state index is 11.6. The van der Waals surface area contributed by atoms with Gasteiger partial charge in [0, 0.05) is 26.7 Å². The zero-order valence-electron chi connectivity index (χ0n) is 14.9. The quantitative estimate of drug-likeness (QED) is 0.349. The van der Waals surface area contributed by atoms with E-state index in [0.29, 0.717) is 31.7 Å². The number of hydrogen-bond acceptors (Lipinski definition) is 6. The zero-order valence-corrected chi connectivity index (χ0v) is 14.9. The molecule has 5 N–H and O–H groups in total. The maximum atomic E-state index is 11.6. The minimum atomic E-state index is -0.599. The third kappa shape index (κ3) is 4.08. The molecule has 0 aliphatic carbocycles. The van der Waals surface area contributed by atoms with E-state index in [4.69, 9.17) is 11.5 Å². The minimum absolute atomic E-state index is 0.0535. The lowest BCUT2D eigenvalue weighted by Gasteiger charge is -2.24. The van der Waals surface area contributed by atoms with Gasteiger partial charge in [0.25, 0.3) is 16.8 Å². The highest BCUT2D eigenvalue weighted by atomic mass is 16.2. The summed E-state index contributed by atoms with van der Waals surface area (Å²) in [7, 11) is 1.46. The minimum Gasteiger partial charge on any atom is -0.394 e. The van der Waals surface area contributed by atoms with Gasteiger partial charge in [-0.2, -0.15) is 0 Å². The lowest BCUT2D eigenvalue weighted by molar-refractivity contribution is -0.115. The van der Waals surface area contributed by atoms with Gasteiger partial charge >= 0.3 is 0 Å². The van der Waals surface area contributed by atoms with Crippen LogP contribution in [0.1, 0.15) is 18.1 Å². The summed E-state index contributed by atoms with van der Waals surface area (Å²) in [5.74, 6) is -0.459. The Hall–Kier alpha value is -3.16. The Morgan fingerprint density at radius 3 is 2.31 bits per heavy atom. The van der Waals surface area contributed by atoms with Crippen molar-refractivity contribution in [1.29, 1.82) is 0 Å². The number of carbonyl (C=O) groups excluding carboxylic acids is 1. The van der Waals surface area contributed by atoms with E-state index in [2.05, 4.69) is 10.3 Å². The summed E-state index contributed by atoms with van der Waals surface area (Å²) in [4.78, 5) is 39.9. The number of amidine groups is 1. The van der Waals surface area contributed by atoms with Crippen molar-refractivity contribution in [3.8, 4) is 0 Å². The Labute approximate surface area is 151 Å². The molecule has 1 amide bonds. The zero-order chi connectivity index (χ0) is 19.3. The van der Waals surface area contributed by atoms with Crippen LogP contribution in [0.2, 0.25) is 0 Å². The number of benzene rings is 1. The molecule has 0 atom stereocenters. The first kappa shape index (κ1) is 19.2. The number of nitrogens with two attached hydrogens (primary N) is 2. The Balaban J connectivity index is 1.92. The van der Waals surface area contributed by atoms with Crippen LogP contribution in [0.15, 0.2) is 38.8 Å². The van der Waals surface area contributed by atoms with Crippen molar-refractivity contribution < 1.29 is 4.79 Å². The number of rotatable bonds is 7. The first-order valence-corrected chi connectivity index (χ1v) is 8.31. The number of aliphatic imine (C=N–C) groups is 1. The highest BCUT2D eigenvalue weighted by Gasteiger charge is 2.22. The number of hydrogen-bond donors (Lipinski definition) is 3. The van der Waals surface area contributed by atoms with Gasteiger partial charge in [0.2, 0.25) is 0 Å². The summed E-state index contributed by atoms with van der Waals surface area (Å²) in [5, 5.41) is 2.68. The van der Waals surface area contributed by atoms with Gasteiger partial charge in [0.1, 0.15) is 11.4 Å². The van der Waals surface area contributed by atoms with Crippen LogP contribution in [0.3, 0.4) is 0 Å². The van der Waals surface area contributed by atoms with Crippen LogP contribution in [-0.2, 0) is 17.8 Å². The number of nitrogens with one attached hydrogen (secondary N) is 1. The standard InChI is InChI=1S/C18H23N5O3/c1-3-23(14-13(19)15(24)16(14)25)9-8-11-4-6-12(7-5-11)10-22-18(26)17(20)21-2/h4-7H,3,8-10,19H2,1-2H3,(H2,20,21)(H,22,26). The molecule has 0 bridgehead atoms. The van der Waals surface area contributed by atoms with Crippen LogP contribution < -0.4 is 32.5 Å². The summed E-state index contributed by atoms with van der Waals surface area (Å²) in [6.45, 7) is 3.45. The highest BCUT2D eigenvalue weighted by Crippen LogP contribution is 2.17. The molecule has 0 saturated heterocycles. The number of nitrogens with zero attached hydrogens (tertiary/aromatic N) is 2. The Kier molecular flexibility index (Phi) is 6.11. The van der Waals surface area contributed by atoms with Gasteiger partial charge in [-0.15, -0.1) is 0 Å².